The summed E-state index contributed by atoms with van der Waals surface area (Å²) in [6.45, 7) is 8.06. The third kappa shape index (κ3) is 3.32. The van der Waals surface area contributed by atoms with E-state index in [4.69, 9.17) is 0 Å². The highest BCUT2D eigenvalue weighted by molar-refractivity contribution is 5.31. The molecule has 0 amide bonds. The van der Waals surface area contributed by atoms with Gasteiger partial charge in [-0.3, -0.25) is 15.1 Å². The van der Waals surface area contributed by atoms with Crippen LogP contribution in [0.25, 0.3) is 0 Å². The van der Waals surface area contributed by atoms with E-state index in [1.165, 1.54) is 5.56 Å². The van der Waals surface area contributed by atoms with Crippen molar-refractivity contribution in [3.63, 3.8) is 0 Å². The van der Waals surface area contributed by atoms with Crippen molar-refractivity contribution in [2.45, 2.75) is 45.1 Å². The van der Waals surface area contributed by atoms with Crippen LogP contribution in [0.5, 0.6) is 0 Å². The van der Waals surface area contributed by atoms with Gasteiger partial charge in [-0.15, -0.1) is 0 Å². The van der Waals surface area contributed by atoms with E-state index >= 15 is 0 Å². The van der Waals surface area contributed by atoms with Gasteiger partial charge < -0.3 is 0 Å². The van der Waals surface area contributed by atoms with Crippen molar-refractivity contribution in [3.8, 4) is 0 Å². The second kappa shape index (κ2) is 5.87. The van der Waals surface area contributed by atoms with Crippen LogP contribution in [0.15, 0.2) is 48.8 Å². The summed E-state index contributed by atoms with van der Waals surface area (Å²) >= 11 is 0. The van der Waals surface area contributed by atoms with Crippen LogP contribution in [0.1, 0.15) is 44.4 Å². The van der Waals surface area contributed by atoms with Crippen molar-refractivity contribution in [3.05, 3.63) is 75.6 Å². The summed E-state index contributed by atoms with van der Waals surface area (Å²) in [6, 6.07) is 11.4. The van der Waals surface area contributed by atoms with E-state index in [0.717, 1.165) is 5.56 Å². The molecule has 0 bridgehead atoms. The highest BCUT2D eigenvalue weighted by Gasteiger charge is 2.39. The Morgan fingerprint density at radius 1 is 1.05 bits per heavy atom. The van der Waals surface area contributed by atoms with Crippen LogP contribution in [-0.4, -0.2) is 9.91 Å². The van der Waals surface area contributed by atoms with Crippen LogP contribution in [0.2, 0.25) is 0 Å². The molecule has 4 heteroatoms. The normalized spacial score (nSPS) is 14.4. The predicted molar refractivity (Wildman–Crippen MR) is 87.4 cm³/mol. The topological polar surface area (TPSA) is 56.0 Å². The summed E-state index contributed by atoms with van der Waals surface area (Å²) in [7, 11) is 0. The number of nitrogens with zero attached hydrogens (tertiary/aromatic N) is 2. The molecule has 1 unspecified atom stereocenters. The molecule has 1 atom stereocenters. The van der Waals surface area contributed by atoms with Crippen molar-refractivity contribution >= 4 is 0 Å². The van der Waals surface area contributed by atoms with Crippen molar-refractivity contribution in [2.75, 3.05) is 0 Å². The number of pyridine rings is 1. The van der Waals surface area contributed by atoms with Crippen LogP contribution < -0.4 is 0 Å². The smallest absolute Gasteiger partial charge is 0.248 e. The average molecular weight is 298 g/mol. The summed E-state index contributed by atoms with van der Waals surface area (Å²) in [6.07, 6.45) is 3.68. The van der Waals surface area contributed by atoms with E-state index in [-0.39, 0.29) is 10.3 Å². The molecule has 1 heterocycles. The Morgan fingerprint density at radius 3 is 2.09 bits per heavy atom. The fraction of sp³-hybridized carbons (Fsp3) is 0.389. The predicted octanol–water partition coefficient (Wildman–Crippen LogP) is 4.11. The fourth-order valence-corrected chi connectivity index (χ4v) is 2.50. The molecule has 2 rings (SSSR count). The average Bonchev–Trinajstić information content (AvgIpc) is 2.47. The monoisotopic (exact) mass is 298 g/mol. The first kappa shape index (κ1) is 16.1. The summed E-state index contributed by atoms with van der Waals surface area (Å²) in [5.74, 6) is 0. The molecule has 0 radical (unpaired) electrons. The molecule has 0 saturated carbocycles. The zero-order valence-corrected chi connectivity index (χ0v) is 13.5. The highest BCUT2D eigenvalue weighted by atomic mass is 16.6. The van der Waals surface area contributed by atoms with Gasteiger partial charge in [-0.05, 0) is 22.6 Å². The molecule has 116 valence electrons. The van der Waals surface area contributed by atoms with E-state index in [2.05, 4.69) is 25.8 Å². The summed E-state index contributed by atoms with van der Waals surface area (Å²) in [5, 5.41) is 11.7. The number of nitro groups is 1. The number of aromatic nitrogens is 1. The molecule has 0 N–H and O–H groups in total. The molecule has 2 aromatic rings. The summed E-state index contributed by atoms with van der Waals surface area (Å²) in [4.78, 5) is 15.5. The number of benzene rings is 1. The van der Waals surface area contributed by atoms with Crippen molar-refractivity contribution in [1.82, 2.24) is 4.98 Å². The van der Waals surface area contributed by atoms with E-state index in [1.54, 1.807) is 25.4 Å². The first-order valence-electron chi connectivity index (χ1n) is 7.38. The van der Waals surface area contributed by atoms with Crippen LogP contribution in [0.4, 0.5) is 0 Å². The Labute approximate surface area is 131 Å². The Bertz CT molecular complexity index is 645. The molecule has 4 nitrogen and oxygen atoms in total. The van der Waals surface area contributed by atoms with E-state index in [9.17, 15) is 10.1 Å². The fourth-order valence-electron chi connectivity index (χ4n) is 2.50. The summed E-state index contributed by atoms with van der Waals surface area (Å²) < 4.78 is 0. The van der Waals surface area contributed by atoms with E-state index < -0.39 is 5.54 Å². The SMILES string of the molecule is CC(C)(C)c1ccc(C(C)(Cc2cccnc2)[N+](=O)[O-])cc1. The standard InChI is InChI=1S/C18H22N2O2/c1-17(2,3)15-7-9-16(10-8-15)18(4,20(21)22)12-14-6-5-11-19-13-14/h5-11,13H,12H2,1-4H3. The Balaban J connectivity index is 2.37. The first-order chi connectivity index (χ1) is 10.2. The van der Waals surface area contributed by atoms with E-state index in [0.29, 0.717) is 12.0 Å². The lowest BCUT2D eigenvalue weighted by Gasteiger charge is -2.24. The van der Waals surface area contributed by atoms with Gasteiger partial charge in [0.2, 0.25) is 5.54 Å². The number of hydrogen-bond donors (Lipinski definition) is 0. The third-order valence-electron chi connectivity index (χ3n) is 4.05. The van der Waals surface area contributed by atoms with Gasteiger partial charge in [-0.25, -0.2) is 0 Å². The van der Waals surface area contributed by atoms with Crippen LogP contribution in [0.3, 0.4) is 0 Å². The second-order valence-electron chi connectivity index (χ2n) is 6.90. The Kier molecular flexibility index (Phi) is 4.31. The minimum Gasteiger partial charge on any atom is -0.264 e. The largest absolute Gasteiger partial charge is 0.264 e. The molecule has 0 aliphatic rings. The van der Waals surface area contributed by atoms with Gasteiger partial charge in [0.15, 0.2) is 0 Å². The molecule has 22 heavy (non-hydrogen) atoms. The maximum Gasteiger partial charge on any atom is 0.248 e. The minimum atomic E-state index is -1.15. The molecule has 0 fully saturated rings. The van der Waals surface area contributed by atoms with Crippen LogP contribution in [-0.2, 0) is 17.4 Å². The van der Waals surface area contributed by atoms with Gasteiger partial charge in [-0.1, -0.05) is 51.1 Å². The lowest BCUT2D eigenvalue weighted by Crippen LogP contribution is -2.34. The minimum absolute atomic E-state index is 0.0346. The van der Waals surface area contributed by atoms with Gasteiger partial charge in [-0.2, -0.15) is 0 Å². The van der Waals surface area contributed by atoms with Crippen molar-refractivity contribution in [2.24, 2.45) is 0 Å². The maximum absolute atomic E-state index is 11.7. The molecule has 0 aliphatic heterocycles. The highest BCUT2D eigenvalue weighted by Crippen LogP contribution is 2.31. The Morgan fingerprint density at radius 2 is 1.64 bits per heavy atom. The van der Waals surface area contributed by atoms with Gasteiger partial charge in [0.1, 0.15) is 0 Å². The summed E-state index contributed by atoms with van der Waals surface area (Å²) in [5.41, 5.74) is 1.63. The zero-order chi connectivity index (χ0) is 16.4. The lowest BCUT2D eigenvalue weighted by molar-refractivity contribution is -0.574. The number of rotatable bonds is 4. The Hall–Kier alpha value is -2.23. The van der Waals surface area contributed by atoms with Gasteiger partial charge >= 0.3 is 0 Å². The lowest BCUT2D eigenvalue weighted by atomic mass is 9.82. The maximum atomic E-state index is 11.7. The van der Waals surface area contributed by atoms with E-state index in [1.807, 2.05) is 30.3 Å². The van der Waals surface area contributed by atoms with Crippen molar-refractivity contribution < 1.29 is 4.92 Å². The van der Waals surface area contributed by atoms with Gasteiger partial charge in [0.25, 0.3) is 0 Å². The zero-order valence-electron chi connectivity index (χ0n) is 13.5. The molecule has 1 aromatic carbocycles. The van der Waals surface area contributed by atoms with Crippen LogP contribution in [0, 0.1) is 10.1 Å². The first-order valence-corrected chi connectivity index (χ1v) is 7.38. The number of hydrogen-bond acceptors (Lipinski definition) is 3. The quantitative estimate of drug-likeness (QED) is 0.630. The molecular formula is C18H22N2O2. The van der Waals surface area contributed by atoms with Gasteiger partial charge in [0.05, 0.1) is 0 Å². The molecule has 0 spiro atoms. The second-order valence-corrected chi connectivity index (χ2v) is 6.90. The molecule has 1 aromatic heterocycles. The third-order valence-corrected chi connectivity index (χ3v) is 4.05. The van der Waals surface area contributed by atoms with Crippen LogP contribution >= 0.6 is 0 Å². The molecular weight excluding hydrogens is 276 g/mol. The van der Waals surface area contributed by atoms with Crippen molar-refractivity contribution in [1.29, 1.82) is 0 Å². The molecule has 0 aliphatic carbocycles. The molecule has 0 saturated heterocycles. The van der Waals surface area contributed by atoms with Gasteiger partial charge in [0, 0.05) is 36.2 Å².